The molecule has 0 spiro atoms. The van der Waals surface area contributed by atoms with Gasteiger partial charge in [-0.2, -0.15) is 10.4 Å². The van der Waals surface area contributed by atoms with E-state index in [-0.39, 0.29) is 5.91 Å². The molecular formula is C26H30N4O2. The number of nitrogens with zero attached hydrogens (tertiary/aromatic N) is 3. The predicted molar refractivity (Wildman–Crippen MR) is 123 cm³/mol. The summed E-state index contributed by atoms with van der Waals surface area (Å²) < 4.78 is 7.73. The lowest BCUT2D eigenvalue weighted by atomic mass is 10.1. The molecule has 6 heteroatoms. The van der Waals surface area contributed by atoms with Gasteiger partial charge in [-0.15, -0.1) is 0 Å². The maximum absolute atomic E-state index is 12.5. The van der Waals surface area contributed by atoms with Gasteiger partial charge in [0.25, 0.3) is 0 Å². The lowest BCUT2D eigenvalue weighted by molar-refractivity contribution is -0.121. The molecule has 0 fully saturated rings. The van der Waals surface area contributed by atoms with E-state index in [9.17, 15) is 4.79 Å². The number of benzene rings is 2. The van der Waals surface area contributed by atoms with Crippen molar-refractivity contribution < 1.29 is 9.53 Å². The Balaban J connectivity index is 1.49. The Labute approximate surface area is 189 Å². The second-order valence-corrected chi connectivity index (χ2v) is 7.80. The normalized spacial score (nSPS) is 10.7. The average molecular weight is 431 g/mol. The molecule has 0 saturated carbocycles. The molecule has 0 atom stereocenters. The summed E-state index contributed by atoms with van der Waals surface area (Å²) in [7, 11) is 0. The van der Waals surface area contributed by atoms with E-state index in [1.165, 1.54) is 0 Å². The minimum Gasteiger partial charge on any atom is -0.372 e. The van der Waals surface area contributed by atoms with Gasteiger partial charge in [0.15, 0.2) is 0 Å². The highest BCUT2D eigenvalue weighted by molar-refractivity contribution is 5.76. The maximum Gasteiger partial charge on any atom is 0.220 e. The van der Waals surface area contributed by atoms with E-state index < -0.39 is 0 Å². The van der Waals surface area contributed by atoms with Crippen LogP contribution < -0.4 is 5.32 Å². The van der Waals surface area contributed by atoms with Crippen molar-refractivity contribution in [2.45, 2.75) is 59.4 Å². The van der Waals surface area contributed by atoms with Gasteiger partial charge in [0.1, 0.15) is 0 Å². The highest BCUT2D eigenvalue weighted by Crippen LogP contribution is 2.16. The van der Waals surface area contributed by atoms with Crippen molar-refractivity contribution >= 4 is 5.91 Å². The van der Waals surface area contributed by atoms with Crippen LogP contribution in [0.15, 0.2) is 54.6 Å². The smallest absolute Gasteiger partial charge is 0.220 e. The van der Waals surface area contributed by atoms with Gasteiger partial charge in [0.05, 0.1) is 37.9 Å². The highest BCUT2D eigenvalue weighted by Gasteiger charge is 2.13. The standard InChI is InChI=1S/C26H30N4O2/c1-20-25(21(2)30(29-20)16-8-15-27)13-14-26(31)28-17-23-11-6-7-12-24(23)19-32-18-22-9-4-3-5-10-22/h3-7,9-12H,8,13-14,16-19H2,1-2H3,(H,28,31). The Morgan fingerprint density at radius 1 is 1.06 bits per heavy atom. The second-order valence-electron chi connectivity index (χ2n) is 7.80. The first-order chi connectivity index (χ1) is 15.6. The Bertz CT molecular complexity index is 1070. The van der Waals surface area contributed by atoms with Gasteiger partial charge in [-0.3, -0.25) is 9.48 Å². The fourth-order valence-corrected chi connectivity index (χ4v) is 3.71. The third-order valence-electron chi connectivity index (χ3n) is 5.53. The second kappa shape index (κ2) is 11.8. The van der Waals surface area contributed by atoms with E-state index in [1.807, 2.05) is 73.1 Å². The van der Waals surface area contributed by atoms with Crippen LogP contribution in [0.3, 0.4) is 0 Å². The summed E-state index contributed by atoms with van der Waals surface area (Å²) in [6, 6.07) is 20.3. The fraction of sp³-hybridized carbons (Fsp3) is 0.346. The van der Waals surface area contributed by atoms with Crippen molar-refractivity contribution in [2.75, 3.05) is 0 Å². The summed E-state index contributed by atoms with van der Waals surface area (Å²) in [6.07, 6.45) is 1.46. The first-order valence-electron chi connectivity index (χ1n) is 10.9. The molecule has 0 aliphatic rings. The SMILES string of the molecule is Cc1nn(CCC#N)c(C)c1CCC(=O)NCc1ccccc1COCc1ccccc1. The first-order valence-corrected chi connectivity index (χ1v) is 10.9. The highest BCUT2D eigenvalue weighted by atomic mass is 16.5. The summed E-state index contributed by atoms with van der Waals surface area (Å²) in [5.41, 5.74) is 6.33. The zero-order valence-corrected chi connectivity index (χ0v) is 18.8. The molecule has 1 N–H and O–H groups in total. The van der Waals surface area contributed by atoms with Crippen LogP contribution in [0.25, 0.3) is 0 Å². The van der Waals surface area contributed by atoms with Crippen LogP contribution in [0, 0.1) is 25.2 Å². The van der Waals surface area contributed by atoms with Crippen molar-refractivity contribution in [3.8, 4) is 6.07 Å². The van der Waals surface area contributed by atoms with Crippen molar-refractivity contribution in [2.24, 2.45) is 0 Å². The molecule has 1 amide bonds. The zero-order chi connectivity index (χ0) is 22.8. The number of nitrogens with one attached hydrogen (secondary N) is 1. The summed E-state index contributed by atoms with van der Waals surface area (Å²) in [4.78, 5) is 12.5. The molecule has 0 saturated heterocycles. The Morgan fingerprint density at radius 2 is 1.78 bits per heavy atom. The van der Waals surface area contributed by atoms with Gasteiger partial charge in [0.2, 0.25) is 5.91 Å². The zero-order valence-electron chi connectivity index (χ0n) is 18.8. The van der Waals surface area contributed by atoms with E-state index in [0.717, 1.165) is 33.6 Å². The van der Waals surface area contributed by atoms with Crippen LogP contribution in [0.2, 0.25) is 0 Å². The molecular weight excluding hydrogens is 400 g/mol. The molecule has 0 bridgehead atoms. The molecule has 0 unspecified atom stereocenters. The average Bonchev–Trinajstić information content (AvgIpc) is 3.08. The monoisotopic (exact) mass is 430 g/mol. The third kappa shape index (κ3) is 6.53. The largest absolute Gasteiger partial charge is 0.372 e. The molecule has 0 aliphatic heterocycles. The molecule has 0 radical (unpaired) electrons. The molecule has 166 valence electrons. The van der Waals surface area contributed by atoms with Gasteiger partial charge in [0, 0.05) is 18.7 Å². The number of aryl methyl sites for hydroxylation is 2. The number of amides is 1. The van der Waals surface area contributed by atoms with Crippen LogP contribution in [-0.2, 0) is 42.3 Å². The molecule has 3 aromatic rings. The fourth-order valence-electron chi connectivity index (χ4n) is 3.71. The lowest BCUT2D eigenvalue weighted by Gasteiger charge is -2.12. The minimum atomic E-state index is 0.00795. The summed E-state index contributed by atoms with van der Waals surface area (Å²) in [5, 5.41) is 16.3. The number of ether oxygens (including phenoxy) is 1. The van der Waals surface area contributed by atoms with Gasteiger partial charge in [-0.05, 0) is 42.5 Å². The topological polar surface area (TPSA) is 79.9 Å². The molecule has 3 rings (SSSR count). The van der Waals surface area contributed by atoms with Gasteiger partial charge < -0.3 is 10.1 Å². The van der Waals surface area contributed by atoms with Crippen molar-refractivity contribution in [1.82, 2.24) is 15.1 Å². The van der Waals surface area contributed by atoms with Crippen LogP contribution in [-0.4, -0.2) is 15.7 Å². The van der Waals surface area contributed by atoms with E-state index in [2.05, 4.69) is 16.5 Å². The van der Waals surface area contributed by atoms with Crippen molar-refractivity contribution in [3.63, 3.8) is 0 Å². The third-order valence-corrected chi connectivity index (χ3v) is 5.53. The van der Waals surface area contributed by atoms with Gasteiger partial charge in [-0.1, -0.05) is 54.6 Å². The Hall–Kier alpha value is -3.43. The number of nitriles is 1. The number of rotatable bonds is 11. The predicted octanol–water partition coefficient (Wildman–Crippen LogP) is 4.38. The number of hydrogen-bond acceptors (Lipinski definition) is 4. The molecule has 1 aromatic heterocycles. The van der Waals surface area contributed by atoms with Crippen LogP contribution in [0.4, 0.5) is 0 Å². The molecule has 32 heavy (non-hydrogen) atoms. The van der Waals surface area contributed by atoms with Gasteiger partial charge in [-0.25, -0.2) is 0 Å². The number of carbonyl (C=O) groups excluding carboxylic acids is 1. The summed E-state index contributed by atoms with van der Waals surface area (Å²) in [6.45, 7) is 6.07. The molecule has 0 aliphatic carbocycles. The molecule has 2 aromatic carbocycles. The molecule has 6 nitrogen and oxygen atoms in total. The van der Waals surface area contributed by atoms with E-state index in [1.54, 1.807) is 0 Å². The van der Waals surface area contributed by atoms with Crippen LogP contribution in [0.1, 0.15) is 46.5 Å². The Morgan fingerprint density at radius 3 is 2.53 bits per heavy atom. The quantitative estimate of drug-likeness (QED) is 0.490. The first kappa shape index (κ1) is 23.2. The van der Waals surface area contributed by atoms with Crippen molar-refractivity contribution in [1.29, 1.82) is 5.26 Å². The summed E-state index contributed by atoms with van der Waals surface area (Å²) >= 11 is 0. The number of carbonyl (C=O) groups is 1. The minimum absolute atomic E-state index is 0.00795. The van der Waals surface area contributed by atoms with E-state index >= 15 is 0 Å². The Kier molecular flexibility index (Phi) is 8.59. The number of aromatic nitrogens is 2. The summed E-state index contributed by atoms with van der Waals surface area (Å²) in [5.74, 6) is 0.00795. The number of hydrogen-bond donors (Lipinski definition) is 1. The van der Waals surface area contributed by atoms with Crippen molar-refractivity contribution in [3.05, 3.63) is 88.2 Å². The van der Waals surface area contributed by atoms with Crippen LogP contribution in [0.5, 0.6) is 0 Å². The van der Waals surface area contributed by atoms with Gasteiger partial charge >= 0.3 is 0 Å². The maximum atomic E-state index is 12.5. The van der Waals surface area contributed by atoms with E-state index in [0.29, 0.717) is 45.6 Å². The van der Waals surface area contributed by atoms with Crippen LogP contribution >= 0.6 is 0 Å². The molecule has 1 heterocycles. The van der Waals surface area contributed by atoms with E-state index in [4.69, 9.17) is 10.00 Å². The lowest BCUT2D eigenvalue weighted by Crippen LogP contribution is -2.23.